The van der Waals surface area contributed by atoms with Gasteiger partial charge < -0.3 is 5.32 Å². The average Bonchev–Trinajstić information content (AvgIpc) is 2.39. The molecule has 0 atom stereocenters. The lowest BCUT2D eigenvalue weighted by Crippen LogP contribution is -2.23. The summed E-state index contributed by atoms with van der Waals surface area (Å²) in [5, 5.41) is 3.38. The normalized spacial score (nSPS) is 9.94. The Morgan fingerprint density at radius 1 is 1.18 bits per heavy atom. The van der Waals surface area contributed by atoms with Crippen molar-refractivity contribution in [3.63, 3.8) is 0 Å². The number of hydrogen-bond acceptors (Lipinski definition) is 2. The van der Waals surface area contributed by atoms with Crippen molar-refractivity contribution in [2.45, 2.75) is 6.54 Å². The zero-order valence-electron chi connectivity index (χ0n) is 9.06. The number of pyridine rings is 1. The number of benzene rings is 1. The molecular weight excluding hydrogens is 236 g/mol. The van der Waals surface area contributed by atoms with Gasteiger partial charge in [0, 0.05) is 11.8 Å². The molecule has 1 aromatic carbocycles. The van der Waals surface area contributed by atoms with Gasteiger partial charge in [-0.15, -0.1) is 0 Å². The minimum absolute atomic E-state index is 0.109. The van der Waals surface area contributed by atoms with E-state index >= 15 is 0 Å². The minimum atomic E-state index is -0.109. The van der Waals surface area contributed by atoms with Crippen LogP contribution < -0.4 is 5.32 Å². The Balaban J connectivity index is 1.95. The summed E-state index contributed by atoms with van der Waals surface area (Å²) >= 11 is 5.72. The van der Waals surface area contributed by atoms with Gasteiger partial charge in [0.25, 0.3) is 5.91 Å². The molecule has 0 bridgehead atoms. The van der Waals surface area contributed by atoms with Crippen LogP contribution in [0.15, 0.2) is 48.7 Å². The van der Waals surface area contributed by atoms with Crippen LogP contribution >= 0.6 is 11.6 Å². The molecule has 0 unspecified atom stereocenters. The molecule has 0 saturated heterocycles. The Bertz CT molecular complexity index is 497. The van der Waals surface area contributed by atoms with Gasteiger partial charge in [0.15, 0.2) is 0 Å². The topological polar surface area (TPSA) is 42.0 Å². The predicted molar refractivity (Wildman–Crippen MR) is 66.9 cm³/mol. The summed E-state index contributed by atoms with van der Waals surface area (Å²) in [6.07, 6.45) is 1.56. The number of carbonyl (C=O) groups excluding carboxylic acids is 1. The number of nitrogens with zero attached hydrogens (tertiary/aromatic N) is 1. The van der Waals surface area contributed by atoms with Crippen LogP contribution in [0.4, 0.5) is 0 Å². The Kier molecular flexibility index (Phi) is 3.73. The molecule has 2 rings (SSSR count). The van der Waals surface area contributed by atoms with E-state index in [9.17, 15) is 4.79 Å². The predicted octanol–water partition coefficient (Wildman–Crippen LogP) is 2.67. The minimum Gasteiger partial charge on any atom is -0.346 e. The van der Waals surface area contributed by atoms with E-state index in [-0.39, 0.29) is 5.91 Å². The first-order valence-corrected chi connectivity index (χ1v) is 5.57. The highest BCUT2D eigenvalue weighted by atomic mass is 35.5. The van der Waals surface area contributed by atoms with E-state index < -0.39 is 0 Å². The van der Waals surface area contributed by atoms with Crippen molar-refractivity contribution < 1.29 is 4.79 Å². The van der Waals surface area contributed by atoms with Crippen LogP contribution in [-0.2, 0) is 6.54 Å². The molecule has 86 valence electrons. The summed E-state index contributed by atoms with van der Waals surface area (Å²) in [6.45, 7) is 0.394. The summed E-state index contributed by atoms with van der Waals surface area (Å²) in [5.41, 5.74) is 1.42. The third-order valence-electron chi connectivity index (χ3n) is 2.25. The number of aromatic nitrogens is 1. The van der Waals surface area contributed by atoms with E-state index in [4.69, 9.17) is 11.6 Å². The fraction of sp³-hybridized carbons (Fsp3) is 0.0769. The van der Waals surface area contributed by atoms with Gasteiger partial charge in [-0.25, -0.2) is 0 Å². The van der Waals surface area contributed by atoms with Crippen molar-refractivity contribution in [1.82, 2.24) is 10.3 Å². The van der Waals surface area contributed by atoms with Gasteiger partial charge in [-0.1, -0.05) is 29.8 Å². The first kappa shape index (κ1) is 11.6. The van der Waals surface area contributed by atoms with Crippen molar-refractivity contribution >= 4 is 17.5 Å². The van der Waals surface area contributed by atoms with E-state index in [1.54, 1.807) is 30.5 Å². The second kappa shape index (κ2) is 5.46. The van der Waals surface area contributed by atoms with Gasteiger partial charge in [0.2, 0.25) is 0 Å². The third-order valence-corrected chi connectivity index (χ3v) is 2.48. The Labute approximate surface area is 104 Å². The van der Waals surface area contributed by atoms with Crippen LogP contribution in [0.25, 0.3) is 0 Å². The number of carbonyl (C=O) groups is 1. The maximum absolute atomic E-state index is 11.7. The standard InChI is InChI=1S/C13H11ClN2O/c14-11-6-7-12(15-8-11)9-16-13(17)10-4-2-1-3-5-10/h1-8H,9H2,(H,16,17). The quantitative estimate of drug-likeness (QED) is 0.905. The van der Waals surface area contributed by atoms with Gasteiger partial charge >= 0.3 is 0 Å². The molecule has 0 radical (unpaired) electrons. The molecule has 17 heavy (non-hydrogen) atoms. The summed E-state index contributed by atoms with van der Waals surface area (Å²) in [4.78, 5) is 15.8. The van der Waals surface area contributed by atoms with Crippen LogP contribution in [0.3, 0.4) is 0 Å². The van der Waals surface area contributed by atoms with Gasteiger partial charge in [0.05, 0.1) is 17.3 Å². The van der Waals surface area contributed by atoms with E-state index in [0.717, 1.165) is 5.69 Å². The highest BCUT2D eigenvalue weighted by Crippen LogP contribution is 2.06. The first-order chi connectivity index (χ1) is 8.25. The SMILES string of the molecule is O=C(NCc1ccc(Cl)cn1)c1ccccc1. The van der Waals surface area contributed by atoms with Gasteiger partial charge in [-0.05, 0) is 24.3 Å². The summed E-state index contributed by atoms with van der Waals surface area (Å²) < 4.78 is 0. The molecular formula is C13H11ClN2O. The molecule has 0 spiro atoms. The van der Waals surface area contributed by atoms with E-state index in [1.807, 2.05) is 18.2 Å². The lowest BCUT2D eigenvalue weighted by molar-refractivity contribution is 0.0950. The third kappa shape index (κ3) is 3.29. The van der Waals surface area contributed by atoms with Crippen molar-refractivity contribution in [1.29, 1.82) is 0 Å². The second-order valence-electron chi connectivity index (χ2n) is 3.52. The van der Waals surface area contributed by atoms with Crippen LogP contribution in [0.1, 0.15) is 16.1 Å². The molecule has 0 aliphatic carbocycles. The fourth-order valence-electron chi connectivity index (χ4n) is 1.37. The van der Waals surface area contributed by atoms with Crippen molar-refractivity contribution in [2.24, 2.45) is 0 Å². The van der Waals surface area contributed by atoms with E-state index in [1.165, 1.54) is 0 Å². The molecule has 1 heterocycles. The van der Waals surface area contributed by atoms with Crippen molar-refractivity contribution in [2.75, 3.05) is 0 Å². The molecule has 0 fully saturated rings. The molecule has 3 nitrogen and oxygen atoms in total. The summed E-state index contributed by atoms with van der Waals surface area (Å²) in [7, 11) is 0. The Hall–Kier alpha value is -1.87. The van der Waals surface area contributed by atoms with E-state index in [2.05, 4.69) is 10.3 Å². The maximum Gasteiger partial charge on any atom is 0.251 e. The Morgan fingerprint density at radius 2 is 1.94 bits per heavy atom. The number of rotatable bonds is 3. The molecule has 1 aromatic heterocycles. The maximum atomic E-state index is 11.7. The molecule has 0 aliphatic rings. The van der Waals surface area contributed by atoms with E-state index in [0.29, 0.717) is 17.1 Å². The molecule has 0 saturated carbocycles. The molecule has 4 heteroatoms. The fourth-order valence-corrected chi connectivity index (χ4v) is 1.49. The van der Waals surface area contributed by atoms with Crippen LogP contribution in [0.2, 0.25) is 5.02 Å². The largest absolute Gasteiger partial charge is 0.346 e. The zero-order valence-corrected chi connectivity index (χ0v) is 9.82. The van der Waals surface area contributed by atoms with Crippen molar-refractivity contribution in [3.05, 3.63) is 64.9 Å². The number of hydrogen-bond donors (Lipinski definition) is 1. The number of nitrogens with one attached hydrogen (secondary N) is 1. The van der Waals surface area contributed by atoms with Gasteiger partial charge in [-0.2, -0.15) is 0 Å². The molecule has 1 amide bonds. The van der Waals surface area contributed by atoms with Gasteiger partial charge in [0.1, 0.15) is 0 Å². The number of amides is 1. The van der Waals surface area contributed by atoms with Crippen LogP contribution in [0.5, 0.6) is 0 Å². The highest BCUT2D eigenvalue weighted by Gasteiger charge is 2.03. The summed E-state index contributed by atoms with van der Waals surface area (Å²) in [5.74, 6) is -0.109. The van der Waals surface area contributed by atoms with Crippen LogP contribution in [0, 0.1) is 0 Å². The number of halogens is 1. The Morgan fingerprint density at radius 3 is 2.59 bits per heavy atom. The van der Waals surface area contributed by atoms with Crippen LogP contribution in [-0.4, -0.2) is 10.9 Å². The zero-order chi connectivity index (χ0) is 12.1. The lowest BCUT2D eigenvalue weighted by Gasteiger charge is -2.04. The summed E-state index contributed by atoms with van der Waals surface area (Å²) in [6, 6.07) is 12.6. The monoisotopic (exact) mass is 246 g/mol. The second-order valence-corrected chi connectivity index (χ2v) is 3.95. The van der Waals surface area contributed by atoms with Gasteiger partial charge in [-0.3, -0.25) is 9.78 Å². The molecule has 2 aromatic rings. The molecule has 0 aliphatic heterocycles. The lowest BCUT2D eigenvalue weighted by atomic mass is 10.2. The highest BCUT2D eigenvalue weighted by molar-refractivity contribution is 6.30. The first-order valence-electron chi connectivity index (χ1n) is 5.19. The van der Waals surface area contributed by atoms with Crippen molar-refractivity contribution in [3.8, 4) is 0 Å². The molecule has 1 N–H and O–H groups in total. The average molecular weight is 247 g/mol. The smallest absolute Gasteiger partial charge is 0.251 e.